The lowest BCUT2D eigenvalue weighted by molar-refractivity contribution is -0.120. The molecule has 0 fully saturated rings. The van der Waals surface area contributed by atoms with Gasteiger partial charge >= 0.3 is 0 Å². The van der Waals surface area contributed by atoms with E-state index >= 15 is 0 Å². The Balaban J connectivity index is 1.97. The largest absolute Gasteiger partial charge is 0.494 e. The summed E-state index contributed by atoms with van der Waals surface area (Å²) in [7, 11) is 1.96. The minimum absolute atomic E-state index is 0.00198. The molecule has 0 spiro atoms. The molecule has 0 heterocycles. The van der Waals surface area contributed by atoms with Gasteiger partial charge in [0.05, 0.1) is 12.6 Å². The summed E-state index contributed by atoms with van der Waals surface area (Å²) in [5, 5.41) is 3.04. The van der Waals surface area contributed by atoms with Gasteiger partial charge in [-0.05, 0) is 69.6 Å². The topological polar surface area (TPSA) is 41.6 Å². The van der Waals surface area contributed by atoms with E-state index in [-0.39, 0.29) is 11.9 Å². The Morgan fingerprint density at radius 3 is 2.48 bits per heavy atom. The predicted molar refractivity (Wildman–Crippen MR) is 103 cm³/mol. The van der Waals surface area contributed by atoms with Crippen LogP contribution < -0.4 is 10.1 Å². The lowest BCUT2D eigenvalue weighted by Crippen LogP contribution is -2.39. The van der Waals surface area contributed by atoms with E-state index in [1.54, 1.807) is 0 Å². The van der Waals surface area contributed by atoms with Crippen LogP contribution in [0.3, 0.4) is 0 Å². The quantitative estimate of drug-likeness (QED) is 0.823. The molecule has 25 heavy (non-hydrogen) atoms. The van der Waals surface area contributed by atoms with Crippen LogP contribution >= 0.6 is 0 Å². The maximum Gasteiger partial charge on any atom is 0.241 e. The van der Waals surface area contributed by atoms with Crippen LogP contribution in [0.15, 0.2) is 42.5 Å². The summed E-state index contributed by atoms with van der Waals surface area (Å²) in [5.74, 6) is 0.872. The number of hydrogen-bond donors (Lipinski definition) is 1. The van der Waals surface area contributed by atoms with Gasteiger partial charge in [0.25, 0.3) is 0 Å². The van der Waals surface area contributed by atoms with E-state index in [4.69, 9.17) is 4.74 Å². The molecule has 0 bridgehead atoms. The summed E-state index contributed by atoms with van der Waals surface area (Å²) in [6.07, 6.45) is 0. The molecule has 0 aliphatic heterocycles. The van der Waals surface area contributed by atoms with E-state index in [2.05, 4.69) is 5.32 Å². The molecule has 2 aromatic rings. The molecule has 2 rings (SSSR count). The number of anilines is 1. The molecule has 0 saturated heterocycles. The maximum absolute atomic E-state index is 12.6. The number of amides is 1. The third kappa shape index (κ3) is 5.33. The normalized spacial score (nSPS) is 12.1. The van der Waals surface area contributed by atoms with Crippen LogP contribution in [0.1, 0.15) is 30.5 Å². The lowest BCUT2D eigenvalue weighted by atomic mass is 10.1. The van der Waals surface area contributed by atoms with Crippen LogP contribution in [-0.4, -0.2) is 30.5 Å². The van der Waals surface area contributed by atoms with Crippen molar-refractivity contribution in [3.63, 3.8) is 0 Å². The minimum Gasteiger partial charge on any atom is -0.494 e. The van der Waals surface area contributed by atoms with Gasteiger partial charge in [-0.1, -0.05) is 24.3 Å². The van der Waals surface area contributed by atoms with Crippen molar-refractivity contribution in [3.05, 3.63) is 59.2 Å². The predicted octanol–water partition coefficient (Wildman–Crippen LogP) is 4.16. The fourth-order valence-corrected chi connectivity index (χ4v) is 2.59. The van der Waals surface area contributed by atoms with Gasteiger partial charge in [-0.2, -0.15) is 0 Å². The molecule has 0 radical (unpaired) electrons. The Bertz CT molecular complexity index is 710. The highest BCUT2D eigenvalue weighted by Crippen LogP contribution is 2.18. The number of hydrogen-bond acceptors (Lipinski definition) is 3. The van der Waals surface area contributed by atoms with Gasteiger partial charge in [-0.25, -0.2) is 0 Å². The number of nitrogens with one attached hydrogen (secondary N) is 1. The summed E-state index contributed by atoms with van der Waals surface area (Å²) in [6.45, 7) is 9.29. The van der Waals surface area contributed by atoms with Gasteiger partial charge in [0.1, 0.15) is 5.75 Å². The first kappa shape index (κ1) is 19.0. The van der Waals surface area contributed by atoms with Crippen molar-refractivity contribution in [2.75, 3.05) is 19.0 Å². The number of ether oxygens (including phenoxy) is 1. The number of carbonyl (C=O) groups is 1. The second-order valence-electron chi connectivity index (χ2n) is 6.48. The number of rotatable bonds is 7. The van der Waals surface area contributed by atoms with Crippen molar-refractivity contribution >= 4 is 11.6 Å². The minimum atomic E-state index is -0.230. The SMILES string of the molecule is CCOc1ccc(CN(C)[C@@H](C)C(=O)Nc2cc(C)ccc2C)cc1. The fraction of sp³-hybridized carbons (Fsp3) is 0.381. The smallest absolute Gasteiger partial charge is 0.241 e. The Labute approximate surface area is 150 Å². The monoisotopic (exact) mass is 340 g/mol. The van der Waals surface area contributed by atoms with Crippen molar-refractivity contribution in [2.24, 2.45) is 0 Å². The summed E-state index contributed by atoms with van der Waals surface area (Å²) < 4.78 is 5.46. The molecule has 4 nitrogen and oxygen atoms in total. The van der Waals surface area contributed by atoms with Crippen molar-refractivity contribution in [2.45, 2.75) is 40.3 Å². The average Bonchev–Trinajstić information content (AvgIpc) is 2.59. The van der Waals surface area contributed by atoms with Crippen molar-refractivity contribution < 1.29 is 9.53 Å². The lowest BCUT2D eigenvalue weighted by Gasteiger charge is -2.24. The van der Waals surface area contributed by atoms with Gasteiger partial charge in [0, 0.05) is 12.2 Å². The number of benzene rings is 2. The van der Waals surface area contributed by atoms with E-state index in [0.29, 0.717) is 13.2 Å². The van der Waals surface area contributed by atoms with Crippen molar-refractivity contribution in [3.8, 4) is 5.75 Å². The third-order valence-corrected chi connectivity index (χ3v) is 4.36. The van der Waals surface area contributed by atoms with E-state index in [1.807, 2.05) is 82.1 Å². The van der Waals surface area contributed by atoms with E-state index in [1.165, 1.54) is 0 Å². The molecule has 0 saturated carbocycles. The molecule has 1 amide bonds. The Hall–Kier alpha value is -2.33. The molecule has 1 atom stereocenters. The summed E-state index contributed by atoms with van der Waals surface area (Å²) in [4.78, 5) is 14.6. The van der Waals surface area contributed by atoms with E-state index < -0.39 is 0 Å². The molecule has 0 unspecified atom stereocenters. The summed E-state index contributed by atoms with van der Waals surface area (Å²) in [6, 6.07) is 13.9. The Morgan fingerprint density at radius 1 is 1.16 bits per heavy atom. The first-order valence-corrected chi connectivity index (χ1v) is 8.70. The molecule has 0 aromatic heterocycles. The van der Waals surface area contributed by atoms with Crippen LogP contribution in [0.5, 0.6) is 5.75 Å². The summed E-state index contributed by atoms with van der Waals surface area (Å²) >= 11 is 0. The van der Waals surface area contributed by atoms with Crippen molar-refractivity contribution in [1.29, 1.82) is 0 Å². The molecule has 2 aromatic carbocycles. The molecule has 0 aliphatic rings. The Kier molecular flexibility index (Phi) is 6.59. The molecule has 0 aliphatic carbocycles. The number of carbonyl (C=O) groups excluding carboxylic acids is 1. The highest BCUT2D eigenvalue weighted by molar-refractivity contribution is 5.95. The average molecular weight is 340 g/mol. The van der Waals surface area contributed by atoms with Gasteiger partial charge in [0.15, 0.2) is 0 Å². The standard InChI is InChI=1S/C21H28N2O2/c1-6-25-19-11-9-18(10-12-19)14-23(5)17(4)21(24)22-20-13-15(2)7-8-16(20)3/h7-13,17H,6,14H2,1-5H3,(H,22,24)/t17-/m0/s1. The highest BCUT2D eigenvalue weighted by atomic mass is 16.5. The zero-order valence-corrected chi connectivity index (χ0v) is 15.8. The number of nitrogens with zero attached hydrogens (tertiary/aromatic N) is 1. The number of aryl methyl sites for hydroxylation is 2. The van der Waals surface area contributed by atoms with Gasteiger partial charge in [-0.3, -0.25) is 9.69 Å². The second kappa shape index (κ2) is 8.67. The van der Waals surface area contributed by atoms with Crippen LogP contribution in [0.4, 0.5) is 5.69 Å². The number of likely N-dealkylation sites (N-methyl/N-ethyl adjacent to an activating group) is 1. The van der Waals surface area contributed by atoms with Crippen LogP contribution in [-0.2, 0) is 11.3 Å². The molecular formula is C21H28N2O2. The maximum atomic E-state index is 12.6. The molecule has 134 valence electrons. The first-order valence-electron chi connectivity index (χ1n) is 8.70. The zero-order valence-electron chi connectivity index (χ0n) is 15.8. The van der Waals surface area contributed by atoms with E-state index in [0.717, 1.165) is 28.1 Å². The van der Waals surface area contributed by atoms with Crippen LogP contribution in [0.25, 0.3) is 0 Å². The Morgan fingerprint density at radius 2 is 1.84 bits per heavy atom. The summed E-state index contributed by atoms with van der Waals surface area (Å²) in [5.41, 5.74) is 4.24. The fourth-order valence-electron chi connectivity index (χ4n) is 2.59. The highest BCUT2D eigenvalue weighted by Gasteiger charge is 2.19. The molecule has 1 N–H and O–H groups in total. The zero-order chi connectivity index (χ0) is 18.4. The van der Waals surface area contributed by atoms with Crippen LogP contribution in [0, 0.1) is 13.8 Å². The third-order valence-electron chi connectivity index (χ3n) is 4.36. The second-order valence-corrected chi connectivity index (χ2v) is 6.48. The molecule has 4 heteroatoms. The van der Waals surface area contributed by atoms with Crippen LogP contribution in [0.2, 0.25) is 0 Å². The first-order chi connectivity index (χ1) is 11.9. The van der Waals surface area contributed by atoms with Gasteiger partial charge in [0.2, 0.25) is 5.91 Å². The van der Waals surface area contributed by atoms with Gasteiger partial charge < -0.3 is 10.1 Å². The molecular weight excluding hydrogens is 312 g/mol. The van der Waals surface area contributed by atoms with Gasteiger partial charge in [-0.15, -0.1) is 0 Å². The van der Waals surface area contributed by atoms with Crippen molar-refractivity contribution in [1.82, 2.24) is 4.90 Å². The van der Waals surface area contributed by atoms with E-state index in [9.17, 15) is 4.79 Å².